The summed E-state index contributed by atoms with van der Waals surface area (Å²) < 4.78 is 5.08. The quantitative estimate of drug-likeness (QED) is 0.694. The van der Waals surface area contributed by atoms with Gasteiger partial charge in [0, 0.05) is 30.0 Å². The lowest BCUT2D eigenvalue weighted by Crippen LogP contribution is -2.24. The average Bonchev–Trinajstić information content (AvgIpc) is 3.14. The summed E-state index contributed by atoms with van der Waals surface area (Å²) >= 11 is 1.23. The van der Waals surface area contributed by atoms with E-state index >= 15 is 0 Å². The minimum absolute atomic E-state index is 0.104. The SMILES string of the molecule is COc1ccc(NC(=O)CSCC(=O)Nc2cccc(N3CCCC3=O)c2)cc1. The summed E-state index contributed by atoms with van der Waals surface area (Å²) in [6, 6.07) is 14.3. The molecular weight excluding hydrogens is 390 g/mol. The van der Waals surface area contributed by atoms with Crippen LogP contribution in [0.5, 0.6) is 5.75 Å². The van der Waals surface area contributed by atoms with Crippen molar-refractivity contribution in [3.8, 4) is 5.75 Å². The van der Waals surface area contributed by atoms with E-state index in [1.54, 1.807) is 48.4 Å². The van der Waals surface area contributed by atoms with Crippen molar-refractivity contribution in [1.82, 2.24) is 0 Å². The van der Waals surface area contributed by atoms with Crippen LogP contribution in [0.3, 0.4) is 0 Å². The molecule has 1 heterocycles. The summed E-state index contributed by atoms with van der Waals surface area (Å²) in [6.07, 6.45) is 1.41. The number of hydrogen-bond acceptors (Lipinski definition) is 5. The molecule has 0 radical (unpaired) electrons. The van der Waals surface area contributed by atoms with Crippen molar-refractivity contribution in [2.45, 2.75) is 12.8 Å². The molecule has 3 amide bonds. The Bertz CT molecular complexity index is 886. The van der Waals surface area contributed by atoms with Crippen molar-refractivity contribution >= 4 is 46.5 Å². The molecule has 1 saturated heterocycles. The van der Waals surface area contributed by atoms with E-state index in [0.29, 0.717) is 30.1 Å². The second-order valence-electron chi connectivity index (χ2n) is 6.52. The van der Waals surface area contributed by atoms with Gasteiger partial charge in [0.25, 0.3) is 0 Å². The number of amides is 3. The molecule has 7 nitrogen and oxygen atoms in total. The summed E-state index contributed by atoms with van der Waals surface area (Å²) in [5, 5.41) is 5.59. The zero-order valence-electron chi connectivity index (χ0n) is 16.1. The van der Waals surface area contributed by atoms with E-state index in [2.05, 4.69) is 10.6 Å². The molecule has 0 atom stereocenters. The molecule has 3 rings (SSSR count). The summed E-state index contributed by atoms with van der Waals surface area (Å²) in [7, 11) is 1.58. The van der Waals surface area contributed by atoms with Gasteiger partial charge >= 0.3 is 0 Å². The molecular formula is C21H23N3O4S. The van der Waals surface area contributed by atoms with Crippen LogP contribution >= 0.6 is 11.8 Å². The Hall–Kier alpha value is -3.00. The topological polar surface area (TPSA) is 87.7 Å². The molecule has 152 valence electrons. The Morgan fingerprint density at radius 2 is 1.72 bits per heavy atom. The molecule has 2 aromatic carbocycles. The van der Waals surface area contributed by atoms with Crippen LogP contribution < -0.4 is 20.3 Å². The molecule has 29 heavy (non-hydrogen) atoms. The van der Waals surface area contributed by atoms with Gasteiger partial charge in [-0.05, 0) is 48.9 Å². The number of nitrogens with one attached hydrogen (secondary N) is 2. The first-order valence-electron chi connectivity index (χ1n) is 9.27. The number of rotatable bonds is 8. The number of nitrogens with zero attached hydrogens (tertiary/aromatic N) is 1. The van der Waals surface area contributed by atoms with E-state index in [0.717, 1.165) is 12.1 Å². The van der Waals surface area contributed by atoms with Crippen molar-refractivity contribution in [3.63, 3.8) is 0 Å². The fourth-order valence-corrected chi connectivity index (χ4v) is 3.59. The Balaban J connectivity index is 1.42. The van der Waals surface area contributed by atoms with Gasteiger partial charge in [-0.15, -0.1) is 11.8 Å². The van der Waals surface area contributed by atoms with Gasteiger partial charge in [0.05, 0.1) is 18.6 Å². The van der Waals surface area contributed by atoms with E-state index in [-0.39, 0.29) is 29.2 Å². The van der Waals surface area contributed by atoms with Gasteiger partial charge in [0.15, 0.2) is 0 Å². The molecule has 0 spiro atoms. The van der Waals surface area contributed by atoms with Gasteiger partial charge in [-0.2, -0.15) is 0 Å². The van der Waals surface area contributed by atoms with Crippen LogP contribution in [-0.4, -0.2) is 42.9 Å². The van der Waals surface area contributed by atoms with Crippen LogP contribution in [0.1, 0.15) is 12.8 Å². The predicted octanol–water partition coefficient (Wildman–Crippen LogP) is 3.13. The summed E-state index contributed by atoms with van der Waals surface area (Å²) in [5.41, 5.74) is 2.10. The summed E-state index contributed by atoms with van der Waals surface area (Å²) in [4.78, 5) is 37.8. The van der Waals surface area contributed by atoms with E-state index in [1.807, 2.05) is 12.1 Å². The van der Waals surface area contributed by atoms with Gasteiger partial charge in [-0.25, -0.2) is 0 Å². The van der Waals surface area contributed by atoms with Crippen molar-refractivity contribution in [2.24, 2.45) is 0 Å². The molecule has 2 aromatic rings. The van der Waals surface area contributed by atoms with Gasteiger partial charge < -0.3 is 20.3 Å². The maximum Gasteiger partial charge on any atom is 0.234 e. The number of anilines is 3. The van der Waals surface area contributed by atoms with Crippen molar-refractivity contribution in [2.75, 3.05) is 40.7 Å². The lowest BCUT2D eigenvalue weighted by Gasteiger charge is -2.16. The molecule has 2 N–H and O–H groups in total. The first-order valence-corrected chi connectivity index (χ1v) is 10.4. The Labute approximate surface area is 173 Å². The monoisotopic (exact) mass is 413 g/mol. The fourth-order valence-electron chi connectivity index (χ4n) is 2.98. The van der Waals surface area contributed by atoms with E-state index in [4.69, 9.17) is 4.74 Å². The van der Waals surface area contributed by atoms with Gasteiger partial charge in [0.2, 0.25) is 17.7 Å². The molecule has 0 aliphatic carbocycles. The molecule has 8 heteroatoms. The van der Waals surface area contributed by atoms with Crippen LogP contribution in [0.15, 0.2) is 48.5 Å². The van der Waals surface area contributed by atoms with Crippen LogP contribution in [-0.2, 0) is 14.4 Å². The Kier molecular flexibility index (Phi) is 7.13. The smallest absolute Gasteiger partial charge is 0.234 e. The minimum Gasteiger partial charge on any atom is -0.497 e. The first-order chi connectivity index (χ1) is 14.0. The third-order valence-electron chi connectivity index (χ3n) is 4.36. The number of hydrogen-bond donors (Lipinski definition) is 2. The number of carbonyl (C=O) groups is 3. The number of ether oxygens (including phenoxy) is 1. The van der Waals surface area contributed by atoms with Gasteiger partial charge in [0.1, 0.15) is 5.75 Å². The molecule has 0 saturated carbocycles. The normalized spacial score (nSPS) is 13.3. The minimum atomic E-state index is -0.197. The molecule has 0 aromatic heterocycles. The zero-order chi connectivity index (χ0) is 20.6. The highest BCUT2D eigenvalue weighted by Gasteiger charge is 2.21. The lowest BCUT2D eigenvalue weighted by molar-refractivity contribution is -0.117. The highest BCUT2D eigenvalue weighted by Crippen LogP contribution is 2.24. The molecule has 0 bridgehead atoms. The number of benzene rings is 2. The molecule has 1 aliphatic rings. The maximum atomic E-state index is 12.2. The maximum absolute atomic E-state index is 12.2. The van der Waals surface area contributed by atoms with E-state index in [1.165, 1.54) is 11.8 Å². The Morgan fingerprint density at radius 1 is 1.03 bits per heavy atom. The van der Waals surface area contributed by atoms with Gasteiger partial charge in [-0.1, -0.05) is 6.07 Å². The molecule has 1 aliphatic heterocycles. The third-order valence-corrected chi connectivity index (χ3v) is 5.29. The number of methoxy groups -OCH3 is 1. The van der Waals surface area contributed by atoms with E-state index in [9.17, 15) is 14.4 Å². The van der Waals surface area contributed by atoms with Crippen LogP contribution in [0.4, 0.5) is 17.1 Å². The molecule has 1 fully saturated rings. The highest BCUT2D eigenvalue weighted by molar-refractivity contribution is 8.00. The standard InChI is InChI=1S/C21H23N3O4S/c1-28-18-9-7-15(8-10-18)22-19(25)13-29-14-20(26)23-16-4-2-5-17(12-16)24-11-3-6-21(24)27/h2,4-5,7-10,12H,3,6,11,13-14H2,1H3,(H,22,25)(H,23,26). The first kappa shape index (κ1) is 20.7. The third kappa shape index (κ3) is 5.99. The summed E-state index contributed by atoms with van der Waals surface area (Å²) in [6.45, 7) is 0.704. The fraction of sp³-hybridized carbons (Fsp3) is 0.286. The zero-order valence-corrected chi connectivity index (χ0v) is 17.0. The lowest BCUT2D eigenvalue weighted by atomic mass is 10.2. The van der Waals surface area contributed by atoms with Crippen LogP contribution in [0.25, 0.3) is 0 Å². The van der Waals surface area contributed by atoms with Crippen molar-refractivity contribution in [1.29, 1.82) is 0 Å². The largest absolute Gasteiger partial charge is 0.497 e. The van der Waals surface area contributed by atoms with Crippen LogP contribution in [0, 0.1) is 0 Å². The average molecular weight is 413 g/mol. The second-order valence-corrected chi connectivity index (χ2v) is 7.50. The highest BCUT2D eigenvalue weighted by atomic mass is 32.2. The second kappa shape index (κ2) is 9.97. The number of carbonyl (C=O) groups excluding carboxylic acids is 3. The molecule has 0 unspecified atom stereocenters. The van der Waals surface area contributed by atoms with E-state index < -0.39 is 0 Å². The predicted molar refractivity (Wildman–Crippen MR) is 116 cm³/mol. The van der Waals surface area contributed by atoms with Crippen molar-refractivity contribution < 1.29 is 19.1 Å². The Morgan fingerprint density at radius 3 is 2.34 bits per heavy atom. The number of thioether (sulfide) groups is 1. The van der Waals surface area contributed by atoms with Crippen molar-refractivity contribution in [3.05, 3.63) is 48.5 Å². The summed E-state index contributed by atoms with van der Waals surface area (Å²) in [5.74, 6) is 0.767. The van der Waals surface area contributed by atoms with Crippen LogP contribution in [0.2, 0.25) is 0 Å². The van der Waals surface area contributed by atoms with Gasteiger partial charge in [-0.3, -0.25) is 14.4 Å².